The topological polar surface area (TPSA) is 41.5 Å². The number of rotatable bonds is 5. The summed E-state index contributed by atoms with van der Waals surface area (Å²) in [6, 6.07) is 14.5. The molecule has 0 radical (unpaired) electrons. The van der Waals surface area contributed by atoms with Gasteiger partial charge in [-0.2, -0.15) is 0 Å². The van der Waals surface area contributed by atoms with E-state index in [1.54, 1.807) is 12.1 Å². The second-order valence-corrected chi connectivity index (χ2v) is 6.60. The molecule has 5 heteroatoms. The van der Waals surface area contributed by atoms with E-state index in [2.05, 4.69) is 5.32 Å². The lowest BCUT2D eigenvalue weighted by molar-refractivity contribution is 0.0401. The predicted octanol–water partition coefficient (Wildman–Crippen LogP) is 4.69. The molecule has 1 saturated heterocycles. The van der Waals surface area contributed by atoms with Gasteiger partial charge in [0, 0.05) is 22.3 Å². The van der Waals surface area contributed by atoms with E-state index in [1.807, 2.05) is 36.4 Å². The summed E-state index contributed by atoms with van der Waals surface area (Å²) in [7, 11) is 0. The molecule has 2 aromatic rings. The zero-order valence-corrected chi connectivity index (χ0v) is 14.1. The molecule has 2 aromatic carbocycles. The number of aliphatic hydroxyl groups excluding tert-OH is 1. The number of nitrogens with one attached hydrogen (secondary N) is 1. The van der Waals surface area contributed by atoms with Gasteiger partial charge in [-0.05, 0) is 54.8 Å². The smallest absolute Gasteiger partial charge is 0.102 e. The maximum Gasteiger partial charge on any atom is 0.102 e. The van der Waals surface area contributed by atoms with Gasteiger partial charge >= 0.3 is 0 Å². The second kappa shape index (κ2) is 7.54. The molecule has 1 aliphatic rings. The molecule has 0 aliphatic carbocycles. The number of ether oxygens (including phenoxy) is 1. The first kappa shape index (κ1) is 16.6. The normalized spacial score (nSPS) is 20.2. The second-order valence-electron chi connectivity index (χ2n) is 5.73. The molecular formula is C18H19Cl2NO2. The summed E-state index contributed by atoms with van der Waals surface area (Å²) in [5.74, 6) is 0. The summed E-state index contributed by atoms with van der Waals surface area (Å²) >= 11 is 12.0. The van der Waals surface area contributed by atoms with Crippen LogP contribution >= 0.6 is 23.2 Å². The summed E-state index contributed by atoms with van der Waals surface area (Å²) in [5, 5.41) is 15.5. The molecule has 3 atom stereocenters. The molecule has 122 valence electrons. The summed E-state index contributed by atoms with van der Waals surface area (Å²) in [6.45, 7) is 0.728. The number of hydrogen-bond donors (Lipinski definition) is 2. The fourth-order valence-electron chi connectivity index (χ4n) is 2.90. The predicted molar refractivity (Wildman–Crippen MR) is 94.2 cm³/mol. The van der Waals surface area contributed by atoms with Crippen molar-refractivity contribution in [1.82, 2.24) is 0 Å². The third-order valence-electron chi connectivity index (χ3n) is 4.07. The zero-order valence-electron chi connectivity index (χ0n) is 12.6. The minimum absolute atomic E-state index is 0.0420. The Labute approximate surface area is 146 Å². The highest BCUT2D eigenvalue weighted by Crippen LogP contribution is 2.30. The highest BCUT2D eigenvalue weighted by molar-refractivity contribution is 6.30. The summed E-state index contributed by atoms with van der Waals surface area (Å²) in [4.78, 5) is 0. The van der Waals surface area contributed by atoms with Crippen LogP contribution in [0.25, 0.3) is 0 Å². The zero-order chi connectivity index (χ0) is 16.2. The number of halogens is 2. The first-order valence-corrected chi connectivity index (χ1v) is 8.46. The molecule has 0 aromatic heterocycles. The maximum atomic E-state index is 10.9. The lowest BCUT2D eigenvalue weighted by Gasteiger charge is -2.30. The molecule has 3 nitrogen and oxygen atoms in total. The van der Waals surface area contributed by atoms with Crippen LogP contribution in [-0.4, -0.2) is 23.9 Å². The molecule has 0 bridgehead atoms. The molecule has 0 amide bonds. The Balaban J connectivity index is 1.84. The SMILES string of the molecule is OC(c1cccc(Cl)c1)[C@@H](Nc1ccc(Cl)cc1)[C@@H]1CCCO1. The van der Waals surface area contributed by atoms with E-state index in [9.17, 15) is 5.11 Å². The number of hydrogen-bond acceptors (Lipinski definition) is 3. The van der Waals surface area contributed by atoms with Crippen molar-refractivity contribution in [1.29, 1.82) is 0 Å². The highest BCUT2D eigenvalue weighted by Gasteiger charge is 2.32. The van der Waals surface area contributed by atoms with Crippen molar-refractivity contribution in [2.24, 2.45) is 0 Å². The summed E-state index contributed by atoms with van der Waals surface area (Å²) in [5.41, 5.74) is 1.68. The number of anilines is 1. The van der Waals surface area contributed by atoms with Crippen LogP contribution in [0.2, 0.25) is 10.0 Å². The molecule has 1 fully saturated rings. The van der Waals surface area contributed by atoms with Crippen LogP contribution in [0.3, 0.4) is 0 Å². The van der Waals surface area contributed by atoms with E-state index in [0.29, 0.717) is 10.0 Å². The van der Waals surface area contributed by atoms with Gasteiger partial charge in [0.1, 0.15) is 6.10 Å². The Kier molecular flexibility index (Phi) is 5.44. The third-order valence-corrected chi connectivity index (χ3v) is 4.56. The maximum absolute atomic E-state index is 10.9. The van der Waals surface area contributed by atoms with Crippen LogP contribution in [0.15, 0.2) is 48.5 Å². The Bertz CT molecular complexity index is 642. The first-order valence-electron chi connectivity index (χ1n) is 7.71. The van der Waals surface area contributed by atoms with Gasteiger partial charge in [-0.25, -0.2) is 0 Å². The molecule has 3 rings (SSSR count). The van der Waals surface area contributed by atoms with Crippen LogP contribution in [-0.2, 0) is 4.74 Å². The van der Waals surface area contributed by atoms with Crippen molar-refractivity contribution < 1.29 is 9.84 Å². The monoisotopic (exact) mass is 351 g/mol. The van der Waals surface area contributed by atoms with E-state index in [-0.39, 0.29) is 12.1 Å². The van der Waals surface area contributed by atoms with Crippen LogP contribution in [0.4, 0.5) is 5.69 Å². The number of aliphatic hydroxyl groups is 1. The van der Waals surface area contributed by atoms with Crippen molar-refractivity contribution in [3.05, 3.63) is 64.1 Å². The van der Waals surface area contributed by atoms with Crippen LogP contribution in [0.5, 0.6) is 0 Å². The minimum atomic E-state index is -0.715. The Morgan fingerprint density at radius 3 is 2.52 bits per heavy atom. The van der Waals surface area contributed by atoms with E-state index >= 15 is 0 Å². The van der Waals surface area contributed by atoms with Crippen LogP contribution in [0.1, 0.15) is 24.5 Å². The molecule has 2 N–H and O–H groups in total. The van der Waals surface area contributed by atoms with Crippen molar-refractivity contribution in [2.75, 3.05) is 11.9 Å². The van der Waals surface area contributed by atoms with Crippen molar-refractivity contribution in [2.45, 2.75) is 31.1 Å². The van der Waals surface area contributed by atoms with Gasteiger partial charge in [0.05, 0.1) is 12.1 Å². The molecule has 1 heterocycles. The van der Waals surface area contributed by atoms with Gasteiger partial charge in [0.2, 0.25) is 0 Å². The van der Waals surface area contributed by atoms with E-state index in [1.165, 1.54) is 0 Å². The average molecular weight is 352 g/mol. The highest BCUT2D eigenvalue weighted by atomic mass is 35.5. The van der Waals surface area contributed by atoms with Gasteiger partial charge in [0.15, 0.2) is 0 Å². The fraction of sp³-hybridized carbons (Fsp3) is 0.333. The van der Waals surface area contributed by atoms with E-state index in [4.69, 9.17) is 27.9 Å². The van der Waals surface area contributed by atoms with Gasteiger partial charge < -0.3 is 15.2 Å². The first-order chi connectivity index (χ1) is 11.1. The van der Waals surface area contributed by atoms with Crippen molar-refractivity contribution in [3.8, 4) is 0 Å². The lowest BCUT2D eigenvalue weighted by Crippen LogP contribution is -2.38. The summed E-state index contributed by atoms with van der Waals surface area (Å²) in [6.07, 6.45) is 1.17. The standard InChI is InChI=1S/C18H19Cl2NO2/c19-13-6-8-15(9-7-13)21-17(16-5-2-10-23-16)18(22)12-3-1-4-14(20)11-12/h1,3-4,6-9,11,16-18,21-22H,2,5,10H2/t16-,17-,18?/m0/s1. The molecule has 1 aliphatic heterocycles. The molecule has 1 unspecified atom stereocenters. The molecule has 0 saturated carbocycles. The van der Waals surface area contributed by atoms with Crippen molar-refractivity contribution >= 4 is 28.9 Å². The molecule has 0 spiro atoms. The van der Waals surface area contributed by atoms with Crippen LogP contribution < -0.4 is 5.32 Å². The molecular weight excluding hydrogens is 333 g/mol. The average Bonchev–Trinajstić information content (AvgIpc) is 3.08. The Morgan fingerprint density at radius 1 is 1.09 bits per heavy atom. The molecule has 23 heavy (non-hydrogen) atoms. The lowest BCUT2D eigenvalue weighted by atomic mass is 9.96. The van der Waals surface area contributed by atoms with Crippen LogP contribution in [0, 0.1) is 0 Å². The van der Waals surface area contributed by atoms with Gasteiger partial charge in [-0.15, -0.1) is 0 Å². The largest absolute Gasteiger partial charge is 0.386 e. The Morgan fingerprint density at radius 2 is 1.87 bits per heavy atom. The summed E-state index contributed by atoms with van der Waals surface area (Å²) < 4.78 is 5.80. The fourth-order valence-corrected chi connectivity index (χ4v) is 3.22. The van der Waals surface area contributed by atoms with Crippen molar-refractivity contribution in [3.63, 3.8) is 0 Å². The number of benzene rings is 2. The van der Waals surface area contributed by atoms with Gasteiger partial charge in [-0.1, -0.05) is 35.3 Å². The third kappa shape index (κ3) is 4.18. The van der Waals surface area contributed by atoms with E-state index < -0.39 is 6.10 Å². The van der Waals surface area contributed by atoms with Gasteiger partial charge in [-0.3, -0.25) is 0 Å². The Hall–Kier alpha value is -1.26. The van der Waals surface area contributed by atoms with Gasteiger partial charge in [0.25, 0.3) is 0 Å². The quantitative estimate of drug-likeness (QED) is 0.821. The minimum Gasteiger partial charge on any atom is -0.386 e. The van der Waals surface area contributed by atoms with E-state index in [0.717, 1.165) is 30.7 Å².